The second-order valence-corrected chi connectivity index (χ2v) is 10.2. The van der Waals surface area contributed by atoms with Crippen LogP contribution < -0.4 is 14.4 Å². The largest absolute Gasteiger partial charge is 0.481 e. The van der Waals surface area contributed by atoms with E-state index in [4.69, 9.17) is 26.1 Å². The van der Waals surface area contributed by atoms with E-state index in [-0.39, 0.29) is 11.9 Å². The van der Waals surface area contributed by atoms with Crippen molar-refractivity contribution in [3.63, 3.8) is 0 Å². The zero-order valence-electron chi connectivity index (χ0n) is 26.1. The third-order valence-electron chi connectivity index (χ3n) is 6.99. The number of carbonyl (C=O) groups is 1. The SMILES string of the molecule is C=CC(=O)N1CCN(c2nc(OC)nc3c2CN(Cc2nc(OC)ccc2Cl)C3)C(C)C1.CC.CCCN(C)CC. The molecule has 41 heavy (non-hydrogen) atoms. The van der Waals surface area contributed by atoms with Crippen molar-refractivity contribution < 1.29 is 14.3 Å². The molecular weight excluding hydrogens is 542 g/mol. The van der Waals surface area contributed by atoms with Crippen molar-refractivity contribution in [3.05, 3.63) is 46.8 Å². The molecular formula is C30H48ClN7O3. The van der Waals surface area contributed by atoms with E-state index in [9.17, 15) is 4.79 Å². The summed E-state index contributed by atoms with van der Waals surface area (Å²) in [5, 5.41) is 0.599. The van der Waals surface area contributed by atoms with Gasteiger partial charge in [-0.3, -0.25) is 9.69 Å². The fourth-order valence-corrected chi connectivity index (χ4v) is 4.93. The summed E-state index contributed by atoms with van der Waals surface area (Å²) in [6, 6.07) is 3.98. The number of aromatic nitrogens is 3. The average Bonchev–Trinajstić information content (AvgIpc) is 3.41. The summed E-state index contributed by atoms with van der Waals surface area (Å²) < 4.78 is 10.6. The van der Waals surface area contributed by atoms with E-state index in [1.807, 2.05) is 18.7 Å². The van der Waals surface area contributed by atoms with Crippen LogP contribution in [-0.2, 0) is 24.4 Å². The minimum Gasteiger partial charge on any atom is -0.481 e. The number of hydrogen-bond donors (Lipinski definition) is 0. The lowest BCUT2D eigenvalue weighted by Crippen LogP contribution is -2.54. The molecule has 1 unspecified atom stereocenters. The van der Waals surface area contributed by atoms with E-state index in [1.165, 1.54) is 25.6 Å². The lowest BCUT2D eigenvalue weighted by atomic mass is 10.1. The average molecular weight is 590 g/mol. The van der Waals surface area contributed by atoms with Crippen LogP contribution in [-0.4, -0.2) is 95.6 Å². The highest BCUT2D eigenvalue weighted by Gasteiger charge is 2.33. The molecule has 0 bridgehead atoms. The maximum Gasteiger partial charge on any atom is 0.318 e. The van der Waals surface area contributed by atoms with Crippen LogP contribution in [0.4, 0.5) is 5.82 Å². The van der Waals surface area contributed by atoms with Gasteiger partial charge in [0, 0.05) is 56.9 Å². The number of methoxy groups -OCH3 is 2. The zero-order valence-corrected chi connectivity index (χ0v) is 26.9. The monoisotopic (exact) mass is 589 g/mol. The number of carbonyl (C=O) groups excluding carboxylic acids is 1. The summed E-state index contributed by atoms with van der Waals surface area (Å²) in [5.74, 6) is 1.34. The van der Waals surface area contributed by atoms with Crippen molar-refractivity contribution in [1.82, 2.24) is 29.7 Å². The molecule has 2 aliphatic rings. The highest BCUT2D eigenvalue weighted by molar-refractivity contribution is 6.31. The normalized spacial score (nSPS) is 16.3. The Morgan fingerprint density at radius 2 is 1.88 bits per heavy atom. The van der Waals surface area contributed by atoms with Crippen LogP contribution in [0.25, 0.3) is 0 Å². The summed E-state index contributed by atoms with van der Waals surface area (Å²) in [6.45, 7) is 20.2. The maximum atomic E-state index is 12.0. The molecule has 2 aromatic heterocycles. The molecule has 0 aliphatic carbocycles. The standard InChI is InChI=1S/C22H27ClN6O3.C6H15N.C2H6/c1-5-20(30)28-8-9-29(14(2)10-28)21-15-11-27(12-17(15)25-22(26-21)32-4)13-18-16(23)6-7-19(24-18)31-3;1-4-6-7(3)5-2;1-2/h5-7,14H,1,8-13H2,2-4H3;4-6H2,1-3H3;1-2H3. The van der Waals surface area contributed by atoms with Crippen LogP contribution in [0, 0.1) is 0 Å². The van der Waals surface area contributed by atoms with Gasteiger partial charge in [0.2, 0.25) is 11.8 Å². The smallest absolute Gasteiger partial charge is 0.318 e. The molecule has 4 heterocycles. The van der Waals surface area contributed by atoms with E-state index in [0.29, 0.717) is 56.2 Å². The predicted octanol–water partition coefficient (Wildman–Crippen LogP) is 4.66. The molecule has 0 saturated carbocycles. The first kappa shape index (κ1) is 34.3. The van der Waals surface area contributed by atoms with E-state index in [1.54, 1.807) is 26.4 Å². The van der Waals surface area contributed by atoms with Gasteiger partial charge in [-0.25, -0.2) is 4.98 Å². The molecule has 4 rings (SSSR count). The number of hydrogen-bond acceptors (Lipinski definition) is 9. The van der Waals surface area contributed by atoms with Crippen LogP contribution in [0.1, 0.15) is 58.0 Å². The number of nitrogens with zero attached hydrogens (tertiary/aromatic N) is 7. The maximum absolute atomic E-state index is 12.0. The Labute approximate surface area is 251 Å². The first-order chi connectivity index (χ1) is 19.7. The van der Waals surface area contributed by atoms with Crippen molar-refractivity contribution in [2.75, 3.05) is 58.9 Å². The summed E-state index contributed by atoms with van der Waals surface area (Å²) >= 11 is 6.37. The van der Waals surface area contributed by atoms with Gasteiger partial charge in [0.25, 0.3) is 0 Å². The van der Waals surface area contributed by atoms with Crippen LogP contribution in [0.2, 0.25) is 5.02 Å². The lowest BCUT2D eigenvalue weighted by Gasteiger charge is -2.40. The van der Waals surface area contributed by atoms with Gasteiger partial charge in [0.1, 0.15) is 5.82 Å². The highest BCUT2D eigenvalue weighted by Crippen LogP contribution is 2.34. The number of ether oxygens (including phenoxy) is 2. The van der Waals surface area contributed by atoms with E-state index < -0.39 is 0 Å². The van der Waals surface area contributed by atoms with Gasteiger partial charge in [-0.2, -0.15) is 9.97 Å². The minimum atomic E-state index is -0.0455. The summed E-state index contributed by atoms with van der Waals surface area (Å²) in [5.41, 5.74) is 2.76. The van der Waals surface area contributed by atoms with Gasteiger partial charge in [-0.15, -0.1) is 0 Å². The van der Waals surface area contributed by atoms with E-state index in [0.717, 1.165) is 22.8 Å². The van der Waals surface area contributed by atoms with Gasteiger partial charge in [-0.1, -0.05) is 45.9 Å². The Balaban J connectivity index is 0.000000573. The topological polar surface area (TPSA) is 87.2 Å². The third kappa shape index (κ3) is 9.28. The van der Waals surface area contributed by atoms with Gasteiger partial charge >= 0.3 is 6.01 Å². The molecule has 1 atom stereocenters. The van der Waals surface area contributed by atoms with Crippen LogP contribution in [0.5, 0.6) is 11.9 Å². The highest BCUT2D eigenvalue weighted by atomic mass is 35.5. The number of amides is 1. The van der Waals surface area contributed by atoms with Gasteiger partial charge in [0.15, 0.2) is 0 Å². The number of fused-ring (bicyclic) bond motifs is 1. The Morgan fingerprint density at radius 1 is 1.15 bits per heavy atom. The summed E-state index contributed by atoms with van der Waals surface area (Å²) in [7, 11) is 5.30. The van der Waals surface area contributed by atoms with Crippen molar-refractivity contribution in [2.24, 2.45) is 0 Å². The lowest BCUT2D eigenvalue weighted by molar-refractivity contribution is -0.126. The Morgan fingerprint density at radius 3 is 2.44 bits per heavy atom. The molecule has 1 amide bonds. The van der Waals surface area contributed by atoms with Crippen molar-refractivity contribution in [1.29, 1.82) is 0 Å². The van der Waals surface area contributed by atoms with Crippen LogP contribution >= 0.6 is 11.6 Å². The number of anilines is 1. The molecule has 1 saturated heterocycles. The quantitative estimate of drug-likeness (QED) is 0.388. The molecule has 0 N–H and O–H groups in total. The molecule has 1 fully saturated rings. The number of pyridine rings is 1. The number of halogens is 1. The molecule has 2 aliphatic heterocycles. The van der Waals surface area contributed by atoms with E-state index >= 15 is 0 Å². The minimum absolute atomic E-state index is 0.0455. The van der Waals surface area contributed by atoms with Crippen LogP contribution in [0.15, 0.2) is 24.8 Å². The Bertz CT molecular complexity index is 1130. The van der Waals surface area contributed by atoms with Crippen molar-refractivity contribution in [3.8, 4) is 11.9 Å². The molecule has 0 aromatic carbocycles. The number of piperazine rings is 1. The van der Waals surface area contributed by atoms with E-state index in [2.05, 4.69) is 59.1 Å². The molecule has 11 heteroatoms. The molecule has 10 nitrogen and oxygen atoms in total. The van der Waals surface area contributed by atoms with Crippen LogP contribution in [0.3, 0.4) is 0 Å². The zero-order chi connectivity index (χ0) is 30.5. The van der Waals surface area contributed by atoms with Crippen molar-refractivity contribution in [2.45, 2.75) is 66.7 Å². The van der Waals surface area contributed by atoms with Crippen molar-refractivity contribution >= 4 is 23.3 Å². The molecule has 2 aromatic rings. The van der Waals surface area contributed by atoms with Gasteiger partial charge in [0.05, 0.1) is 30.6 Å². The molecule has 228 valence electrons. The fraction of sp³-hybridized carbons (Fsp3) is 0.600. The van der Waals surface area contributed by atoms with Gasteiger partial charge in [-0.05, 0) is 45.6 Å². The first-order valence-electron chi connectivity index (χ1n) is 14.5. The number of rotatable bonds is 9. The summed E-state index contributed by atoms with van der Waals surface area (Å²) in [6.07, 6.45) is 2.63. The molecule has 0 spiro atoms. The first-order valence-corrected chi connectivity index (χ1v) is 14.8. The second kappa shape index (κ2) is 17.1. The molecule has 0 radical (unpaired) electrons. The van der Waals surface area contributed by atoms with Gasteiger partial charge < -0.3 is 24.2 Å². The third-order valence-corrected chi connectivity index (χ3v) is 7.34. The second-order valence-electron chi connectivity index (χ2n) is 9.81. The summed E-state index contributed by atoms with van der Waals surface area (Å²) in [4.78, 5) is 34.4. The predicted molar refractivity (Wildman–Crippen MR) is 166 cm³/mol. The Hall–Kier alpha value is -2.95. The Kier molecular flexibility index (Phi) is 14.3. The fourth-order valence-electron chi connectivity index (χ4n) is 4.76.